The van der Waals surface area contributed by atoms with E-state index < -0.39 is 46.5 Å². The molecule has 0 radical (unpaired) electrons. The number of urea groups is 1. The van der Waals surface area contributed by atoms with Crippen LogP contribution in [0, 0.1) is 18.6 Å². The van der Waals surface area contributed by atoms with Gasteiger partial charge in [-0.3, -0.25) is 9.59 Å². The molecule has 0 aromatic heterocycles. The Kier molecular flexibility index (Phi) is 9.85. The van der Waals surface area contributed by atoms with Gasteiger partial charge in [-0.2, -0.15) is 0 Å². The lowest BCUT2D eigenvalue weighted by atomic mass is 9.97. The van der Waals surface area contributed by atoms with Crippen LogP contribution < -0.4 is 16.0 Å². The fraction of sp³-hybridized carbons (Fsp3) is 0.323. The van der Waals surface area contributed by atoms with Gasteiger partial charge in [-0.05, 0) is 56.0 Å². The van der Waals surface area contributed by atoms with Gasteiger partial charge < -0.3 is 26.0 Å². The monoisotopic (exact) mass is 596 g/mol. The molecule has 4 rings (SSSR count). The number of aliphatic hydroxyl groups excluding tert-OH is 1. The van der Waals surface area contributed by atoms with Gasteiger partial charge >= 0.3 is 6.03 Å². The minimum Gasteiger partial charge on any atom is -0.381 e. The minimum atomic E-state index is -1.73. The molecule has 3 aromatic rings. The van der Waals surface area contributed by atoms with Crippen molar-refractivity contribution in [2.45, 2.75) is 56.7 Å². The summed E-state index contributed by atoms with van der Waals surface area (Å²) < 4.78 is 26.8. The second kappa shape index (κ2) is 13.3. The van der Waals surface area contributed by atoms with E-state index >= 15 is 0 Å². The van der Waals surface area contributed by atoms with Crippen LogP contribution >= 0.6 is 11.8 Å². The van der Waals surface area contributed by atoms with Crippen molar-refractivity contribution >= 4 is 35.3 Å². The quantitative estimate of drug-likeness (QED) is 0.294. The number of thioether (sulfide) groups is 1. The maximum atomic E-state index is 14.1. The van der Waals surface area contributed by atoms with E-state index in [0.29, 0.717) is 6.07 Å². The first-order valence-corrected chi connectivity index (χ1v) is 14.5. The molecule has 0 spiro atoms. The Morgan fingerprint density at radius 1 is 1.05 bits per heavy atom. The molecule has 3 atom stereocenters. The number of nitrogens with zero attached hydrogens (tertiary/aromatic N) is 1. The zero-order chi connectivity index (χ0) is 30.4. The smallest absolute Gasteiger partial charge is 0.319 e. The summed E-state index contributed by atoms with van der Waals surface area (Å²) in [4.78, 5) is 41.4. The highest BCUT2D eigenvalue weighted by atomic mass is 32.2. The standard InChI is InChI=1S/C31H34F2N4O4S/c1-19-9-7-8-12-21(19)17-34-28(39)27-31(2,3)42-18-37(27)29(40)26(38)25(15-20-10-5-4-6-11-20)36-30(41)35-24-14-13-22(32)16-23(24)33/h4-14,16,25-27,38H,15,17-18H2,1-3H3,(H,34,39)(H2,35,36,41)/t25-,26-,27+/m0/s1. The summed E-state index contributed by atoms with van der Waals surface area (Å²) in [5.41, 5.74) is 2.43. The van der Waals surface area contributed by atoms with Gasteiger partial charge in [0, 0.05) is 17.4 Å². The molecule has 8 nitrogen and oxygen atoms in total. The molecule has 11 heteroatoms. The molecule has 0 saturated carbocycles. The number of hydrogen-bond acceptors (Lipinski definition) is 5. The van der Waals surface area contributed by atoms with Crippen LogP contribution in [0.2, 0.25) is 0 Å². The molecule has 4 amide bonds. The molecule has 0 aliphatic carbocycles. The number of amides is 4. The Bertz CT molecular complexity index is 1440. The second-order valence-corrected chi connectivity index (χ2v) is 12.3. The summed E-state index contributed by atoms with van der Waals surface area (Å²) >= 11 is 1.41. The highest BCUT2D eigenvalue weighted by Gasteiger charge is 2.49. The first-order valence-electron chi connectivity index (χ1n) is 13.5. The maximum Gasteiger partial charge on any atom is 0.319 e. The van der Waals surface area contributed by atoms with E-state index in [9.17, 15) is 28.3 Å². The van der Waals surface area contributed by atoms with E-state index in [0.717, 1.165) is 28.8 Å². The van der Waals surface area contributed by atoms with Crippen molar-refractivity contribution in [3.8, 4) is 0 Å². The number of anilines is 1. The van der Waals surface area contributed by atoms with E-state index in [1.165, 1.54) is 16.7 Å². The van der Waals surface area contributed by atoms with Gasteiger partial charge in [0.1, 0.15) is 17.7 Å². The predicted molar refractivity (Wildman–Crippen MR) is 159 cm³/mol. The summed E-state index contributed by atoms with van der Waals surface area (Å²) in [6, 6.07) is 16.4. The van der Waals surface area contributed by atoms with Gasteiger partial charge in [0.05, 0.1) is 17.6 Å². The first kappa shape index (κ1) is 31.0. The van der Waals surface area contributed by atoms with Crippen LogP contribution in [0.3, 0.4) is 0 Å². The lowest BCUT2D eigenvalue weighted by Gasteiger charge is -2.33. The van der Waals surface area contributed by atoms with Gasteiger partial charge in [0.25, 0.3) is 5.91 Å². The number of benzene rings is 3. The molecule has 0 unspecified atom stereocenters. The molecule has 1 aliphatic heterocycles. The van der Waals surface area contributed by atoms with Crippen LogP contribution in [0.1, 0.15) is 30.5 Å². The molecule has 4 N–H and O–H groups in total. The SMILES string of the molecule is Cc1ccccc1CNC(=O)[C@H]1N(C(=O)[C@@H](O)[C@H](Cc2ccccc2)NC(=O)Nc2ccc(F)cc2F)CSC1(C)C. The summed E-state index contributed by atoms with van der Waals surface area (Å²) in [7, 11) is 0. The number of halogens is 2. The molecule has 1 aliphatic rings. The Morgan fingerprint density at radius 3 is 2.43 bits per heavy atom. The number of rotatable bonds is 9. The van der Waals surface area contributed by atoms with Crippen molar-refractivity contribution in [2.75, 3.05) is 11.2 Å². The first-order chi connectivity index (χ1) is 20.0. The van der Waals surface area contributed by atoms with Crippen LogP contribution in [0.5, 0.6) is 0 Å². The lowest BCUT2D eigenvalue weighted by Crippen LogP contribution is -2.59. The van der Waals surface area contributed by atoms with E-state index in [-0.39, 0.29) is 30.4 Å². The van der Waals surface area contributed by atoms with Crippen molar-refractivity contribution in [1.82, 2.24) is 15.5 Å². The fourth-order valence-electron chi connectivity index (χ4n) is 4.87. The van der Waals surface area contributed by atoms with Gasteiger partial charge in [-0.15, -0.1) is 11.8 Å². The highest BCUT2D eigenvalue weighted by Crippen LogP contribution is 2.40. The van der Waals surface area contributed by atoms with Crippen LogP contribution in [-0.2, 0) is 22.6 Å². The summed E-state index contributed by atoms with van der Waals surface area (Å²) in [6.45, 7) is 5.95. The lowest BCUT2D eigenvalue weighted by molar-refractivity contribution is -0.147. The average Bonchev–Trinajstić information content (AvgIpc) is 3.28. The Balaban J connectivity index is 1.52. The maximum absolute atomic E-state index is 14.1. The Hall–Kier alpha value is -3.96. The van der Waals surface area contributed by atoms with Crippen LogP contribution in [-0.4, -0.2) is 56.7 Å². The Morgan fingerprint density at radius 2 is 1.74 bits per heavy atom. The predicted octanol–water partition coefficient (Wildman–Crippen LogP) is 4.36. The van der Waals surface area contributed by atoms with Crippen LogP contribution in [0.4, 0.5) is 19.3 Å². The largest absolute Gasteiger partial charge is 0.381 e. The Labute approximate surface area is 247 Å². The van der Waals surface area contributed by atoms with Crippen LogP contribution in [0.15, 0.2) is 72.8 Å². The number of aryl methyl sites for hydroxylation is 1. The number of carbonyl (C=O) groups is 3. The minimum absolute atomic E-state index is 0.0710. The van der Waals surface area contributed by atoms with Gasteiger partial charge in [-0.1, -0.05) is 54.6 Å². The molecule has 222 valence electrons. The molecular weight excluding hydrogens is 562 g/mol. The number of hydrogen-bond donors (Lipinski definition) is 4. The van der Waals surface area contributed by atoms with E-state index in [2.05, 4.69) is 16.0 Å². The van der Waals surface area contributed by atoms with Gasteiger partial charge in [0.15, 0.2) is 6.10 Å². The van der Waals surface area contributed by atoms with Crippen molar-refractivity contribution in [1.29, 1.82) is 0 Å². The zero-order valence-corrected chi connectivity index (χ0v) is 24.4. The molecule has 1 heterocycles. The van der Waals surface area contributed by atoms with Gasteiger partial charge in [-0.25, -0.2) is 13.6 Å². The molecule has 3 aromatic carbocycles. The fourth-order valence-corrected chi connectivity index (χ4v) is 6.01. The zero-order valence-electron chi connectivity index (χ0n) is 23.6. The summed E-state index contributed by atoms with van der Waals surface area (Å²) in [5.74, 6) is -2.69. The van der Waals surface area contributed by atoms with Crippen molar-refractivity contribution in [3.05, 3.63) is 101 Å². The summed E-state index contributed by atoms with van der Waals surface area (Å²) in [5, 5.41) is 19.1. The molecule has 1 fully saturated rings. The normalized spacial score (nSPS) is 17.3. The second-order valence-electron chi connectivity index (χ2n) is 10.7. The van der Waals surface area contributed by atoms with Crippen molar-refractivity contribution in [2.24, 2.45) is 0 Å². The van der Waals surface area contributed by atoms with Crippen molar-refractivity contribution in [3.63, 3.8) is 0 Å². The van der Waals surface area contributed by atoms with E-state index in [1.54, 1.807) is 30.3 Å². The third-order valence-corrected chi connectivity index (χ3v) is 8.59. The van der Waals surface area contributed by atoms with Gasteiger partial charge in [0.2, 0.25) is 5.91 Å². The third kappa shape index (κ3) is 7.46. The molecular formula is C31H34F2N4O4S. The molecule has 42 heavy (non-hydrogen) atoms. The molecule has 0 bridgehead atoms. The molecule has 1 saturated heterocycles. The van der Waals surface area contributed by atoms with Crippen LogP contribution in [0.25, 0.3) is 0 Å². The topological polar surface area (TPSA) is 111 Å². The third-order valence-electron chi connectivity index (χ3n) is 7.22. The highest BCUT2D eigenvalue weighted by molar-refractivity contribution is 8.00. The number of aliphatic hydroxyl groups is 1. The number of carbonyl (C=O) groups excluding carboxylic acids is 3. The summed E-state index contributed by atoms with van der Waals surface area (Å²) in [6.07, 6.45) is -1.66. The number of nitrogens with one attached hydrogen (secondary N) is 3. The van der Waals surface area contributed by atoms with E-state index in [4.69, 9.17) is 0 Å². The van der Waals surface area contributed by atoms with Crippen molar-refractivity contribution < 1.29 is 28.3 Å². The average molecular weight is 597 g/mol. The van der Waals surface area contributed by atoms with E-state index in [1.807, 2.05) is 45.0 Å².